The van der Waals surface area contributed by atoms with Crippen LogP contribution in [0, 0.1) is 11.5 Å². The minimum atomic E-state index is 0.695. The second-order valence-electron chi connectivity index (χ2n) is 5.81. The zero-order chi connectivity index (χ0) is 16.5. The summed E-state index contributed by atoms with van der Waals surface area (Å²) in [5.74, 6) is 0.947. The van der Waals surface area contributed by atoms with Gasteiger partial charge < -0.3 is 9.80 Å². The number of aromatic nitrogens is 2. The summed E-state index contributed by atoms with van der Waals surface area (Å²) in [4.78, 5) is 4.02. The maximum absolute atomic E-state index is 9.03. The molecule has 2 heterocycles. The van der Waals surface area contributed by atoms with Crippen molar-refractivity contribution in [2.24, 2.45) is 0 Å². The molecule has 1 aliphatic rings. The van der Waals surface area contributed by atoms with Crippen LogP contribution < -0.4 is 4.90 Å². The lowest BCUT2D eigenvalue weighted by Crippen LogP contribution is -2.44. The van der Waals surface area contributed by atoms with Crippen LogP contribution in [0.1, 0.15) is 0 Å². The molecule has 0 bridgehead atoms. The lowest BCUT2D eigenvalue weighted by Gasteiger charge is -2.31. The highest BCUT2D eigenvalue weighted by Crippen LogP contribution is 2.31. The molecule has 6 heteroatoms. The molecule has 5 nitrogen and oxygen atoms in total. The van der Waals surface area contributed by atoms with Crippen LogP contribution in [-0.2, 0) is 0 Å². The van der Waals surface area contributed by atoms with Gasteiger partial charge in [0.25, 0.3) is 0 Å². The third-order valence-corrected chi connectivity index (χ3v) is 4.58. The van der Waals surface area contributed by atoms with Crippen LogP contribution in [0.5, 0.6) is 0 Å². The Morgan fingerprint density at radius 1 is 1.00 bits per heavy atom. The van der Waals surface area contributed by atoms with Crippen molar-refractivity contribution in [1.82, 2.24) is 14.7 Å². The Hall–Kier alpha value is -2.71. The second kappa shape index (κ2) is 6.06. The van der Waals surface area contributed by atoms with Crippen LogP contribution >= 0.6 is 11.6 Å². The van der Waals surface area contributed by atoms with Gasteiger partial charge in [-0.3, -0.25) is 0 Å². The van der Waals surface area contributed by atoms with Gasteiger partial charge in [0, 0.05) is 36.6 Å². The van der Waals surface area contributed by atoms with Crippen molar-refractivity contribution in [3.63, 3.8) is 0 Å². The third-order valence-electron chi connectivity index (χ3n) is 4.34. The molecule has 120 valence electrons. The Bertz CT molecular complexity index is 904. The van der Waals surface area contributed by atoms with Gasteiger partial charge >= 0.3 is 0 Å². The highest BCUT2D eigenvalue weighted by molar-refractivity contribution is 6.31. The summed E-state index contributed by atoms with van der Waals surface area (Å²) >= 11 is 6.21. The first kappa shape index (κ1) is 14.9. The Balaban J connectivity index is 1.81. The highest BCUT2D eigenvalue weighted by Gasteiger charge is 2.22. The average molecular weight is 338 g/mol. The van der Waals surface area contributed by atoms with Gasteiger partial charge in [0.1, 0.15) is 0 Å². The first-order valence-corrected chi connectivity index (χ1v) is 8.27. The van der Waals surface area contributed by atoms with Crippen molar-refractivity contribution in [2.75, 3.05) is 31.1 Å². The molecule has 3 aromatic rings. The van der Waals surface area contributed by atoms with E-state index in [0.29, 0.717) is 5.02 Å². The molecule has 24 heavy (non-hydrogen) atoms. The van der Waals surface area contributed by atoms with E-state index in [1.165, 1.54) is 0 Å². The molecule has 1 aromatic heterocycles. The quantitative estimate of drug-likeness (QED) is 0.673. The van der Waals surface area contributed by atoms with Crippen molar-refractivity contribution >= 4 is 28.3 Å². The minimum absolute atomic E-state index is 0.695. The van der Waals surface area contributed by atoms with Gasteiger partial charge in [-0.25, -0.2) is 4.68 Å². The van der Waals surface area contributed by atoms with Crippen molar-refractivity contribution in [1.29, 1.82) is 5.26 Å². The highest BCUT2D eigenvalue weighted by atomic mass is 35.5. The number of para-hydroxylation sites is 1. The summed E-state index contributed by atoms with van der Waals surface area (Å²) in [6, 6.07) is 15.9. The van der Waals surface area contributed by atoms with Crippen LogP contribution in [-0.4, -0.2) is 40.9 Å². The summed E-state index contributed by atoms with van der Waals surface area (Å²) in [6.45, 7) is 3.03. The fourth-order valence-electron chi connectivity index (χ4n) is 3.09. The molecule has 0 aliphatic carbocycles. The summed E-state index contributed by atoms with van der Waals surface area (Å²) in [5.41, 5.74) is 2.00. The number of hydrogen-bond donors (Lipinski definition) is 0. The molecule has 0 N–H and O–H groups in total. The van der Waals surface area contributed by atoms with Crippen molar-refractivity contribution in [3.8, 4) is 11.9 Å². The monoisotopic (exact) mass is 337 g/mol. The summed E-state index contributed by atoms with van der Waals surface area (Å²) < 4.78 is 1.94. The van der Waals surface area contributed by atoms with Crippen LogP contribution in [0.2, 0.25) is 5.02 Å². The average Bonchev–Trinajstić information content (AvgIpc) is 3.01. The van der Waals surface area contributed by atoms with Crippen LogP contribution in [0.3, 0.4) is 0 Å². The van der Waals surface area contributed by atoms with Gasteiger partial charge in [0.05, 0.1) is 11.2 Å². The lowest BCUT2D eigenvalue weighted by atomic mass is 10.2. The molecule has 0 amide bonds. The number of rotatable bonds is 2. The molecule has 0 unspecified atom stereocenters. The largest absolute Gasteiger partial charge is 0.351 e. The molecule has 0 atom stereocenters. The molecule has 1 saturated heterocycles. The first-order valence-electron chi connectivity index (χ1n) is 7.89. The van der Waals surface area contributed by atoms with E-state index in [0.717, 1.165) is 48.6 Å². The number of fused-ring (bicyclic) bond motifs is 1. The summed E-state index contributed by atoms with van der Waals surface area (Å²) in [6.07, 6.45) is 2.22. The molecule has 4 rings (SSSR count). The molecule has 2 aromatic carbocycles. The zero-order valence-electron chi connectivity index (χ0n) is 13.1. The smallest absolute Gasteiger partial charge is 0.179 e. The number of hydrogen-bond acceptors (Lipinski definition) is 4. The summed E-state index contributed by atoms with van der Waals surface area (Å²) in [5, 5.41) is 15.7. The third kappa shape index (κ3) is 2.55. The number of nitriles is 1. The van der Waals surface area contributed by atoms with E-state index in [1.807, 2.05) is 53.2 Å². The number of piperazine rings is 1. The maximum atomic E-state index is 9.03. The van der Waals surface area contributed by atoms with Gasteiger partial charge in [0.2, 0.25) is 0 Å². The fourth-order valence-corrected chi connectivity index (χ4v) is 3.26. The SMILES string of the molecule is N#CN1CCN(c2nn(-c3ccccc3)c3cc(Cl)ccc23)CC1. The maximum Gasteiger partial charge on any atom is 0.179 e. The number of benzene rings is 2. The van der Waals surface area contributed by atoms with E-state index in [-0.39, 0.29) is 0 Å². The molecular formula is C18H16ClN5. The Morgan fingerprint density at radius 2 is 1.75 bits per heavy atom. The number of anilines is 1. The van der Waals surface area contributed by atoms with Crippen molar-refractivity contribution in [3.05, 3.63) is 53.6 Å². The van der Waals surface area contributed by atoms with Gasteiger partial charge in [-0.1, -0.05) is 29.8 Å². The summed E-state index contributed by atoms with van der Waals surface area (Å²) in [7, 11) is 0. The first-order chi connectivity index (χ1) is 11.8. The predicted octanol–water partition coefficient (Wildman–Crippen LogP) is 3.28. The fraction of sp³-hybridized carbons (Fsp3) is 0.222. The Morgan fingerprint density at radius 3 is 2.46 bits per heavy atom. The van der Waals surface area contributed by atoms with Crippen LogP contribution in [0.25, 0.3) is 16.6 Å². The minimum Gasteiger partial charge on any atom is -0.351 e. The molecule has 0 saturated carbocycles. The zero-order valence-corrected chi connectivity index (χ0v) is 13.8. The molecule has 0 radical (unpaired) electrons. The Kier molecular flexibility index (Phi) is 3.75. The standard InChI is InChI=1S/C18H16ClN5/c19-14-6-7-16-17(12-14)24(15-4-2-1-3-5-15)21-18(16)23-10-8-22(13-20)9-11-23/h1-7,12H,8-11H2. The van der Waals surface area contributed by atoms with E-state index in [2.05, 4.69) is 11.1 Å². The van der Waals surface area contributed by atoms with Gasteiger partial charge in [-0.2, -0.15) is 5.26 Å². The van der Waals surface area contributed by atoms with Gasteiger partial charge in [0.15, 0.2) is 12.0 Å². The number of nitrogens with zero attached hydrogens (tertiary/aromatic N) is 5. The molecular weight excluding hydrogens is 322 g/mol. The lowest BCUT2D eigenvalue weighted by molar-refractivity contribution is 0.362. The van der Waals surface area contributed by atoms with E-state index < -0.39 is 0 Å². The topological polar surface area (TPSA) is 48.1 Å². The van der Waals surface area contributed by atoms with E-state index >= 15 is 0 Å². The predicted molar refractivity (Wildman–Crippen MR) is 95.5 cm³/mol. The van der Waals surface area contributed by atoms with E-state index in [1.54, 1.807) is 4.90 Å². The molecule has 1 aliphatic heterocycles. The van der Waals surface area contributed by atoms with Crippen LogP contribution in [0.4, 0.5) is 5.82 Å². The van der Waals surface area contributed by atoms with Gasteiger partial charge in [-0.05, 0) is 30.3 Å². The van der Waals surface area contributed by atoms with E-state index in [4.69, 9.17) is 22.0 Å². The molecule has 0 spiro atoms. The second-order valence-corrected chi connectivity index (χ2v) is 6.24. The van der Waals surface area contributed by atoms with E-state index in [9.17, 15) is 0 Å². The Labute approximate surface area is 145 Å². The van der Waals surface area contributed by atoms with Crippen LogP contribution in [0.15, 0.2) is 48.5 Å². The normalized spacial score (nSPS) is 14.8. The molecule has 1 fully saturated rings. The van der Waals surface area contributed by atoms with Crippen molar-refractivity contribution in [2.45, 2.75) is 0 Å². The number of halogens is 1. The van der Waals surface area contributed by atoms with Gasteiger partial charge in [-0.15, -0.1) is 5.10 Å². The van der Waals surface area contributed by atoms with Crippen molar-refractivity contribution < 1.29 is 0 Å².